The van der Waals surface area contributed by atoms with Crippen molar-refractivity contribution in [1.82, 2.24) is 14.8 Å². The van der Waals surface area contributed by atoms with E-state index in [9.17, 15) is 10.1 Å². The highest BCUT2D eigenvalue weighted by Crippen LogP contribution is 2.26. The first-order valence-electron chi connectivity index (χ1n) is 7.67. The number of nitrogens with zero attached hydrogens (tertiary/aromatic N) is 4. The van der Waals surface area contributed by atoms with Gasteiger partial charge in [0.2, 0.25) is 5.91 Å². The van der Waals surface area contributed by atoms with Gasteiger partial charge in [-0.05, 0) is 31.0 Å². The molecule has 0 saturated heterocycles. The molecule has 0 fully saturated rings. The minimum absolute atomic E-state index is 0.333. The molecule has 1 amide bonds. The lowest BCUT2D eigenvalue weighted by molar-refractivity contribution is -0.116. The molecule has 24 heavy (non-hydrogen) atoms. The number of aromatic nitrogens is 3. The number of nitriles is 1. The van der Waals surface area contributed by atoms with Crippen LogP contribution in [0, 0.1) is 11.3 Å². The molecule has 6 nitrogen and oxygen atoms in total. The summed E-state index contributed by atoms with van der Waals surface area (Å²) >= 11 is 11.8. The van der Waals surface area contributed by atoms with E-state index in [1.54, 1.807) is 18.2 Å². The van der Waals surface area contributed by atoms with Gasteiger partial charge in [0.05, 0.1) is 16.1 Å². The Hall–Kier alpha value is -2.10. The number of fused-ring (bicyclic) bond motifs is 1. The summed E-state index contributed by atoms with van der Waals surface area (Å²) in [6.07, 6.45) is 3.96. The largest absolute Gasteiger partial charge is 0.324 e. The summed E-state index contributed by atoms with van der Waals surface area (Å²) in [6.45, 7) is 0.732. The fourth-order valence-corrected chi connectivity index (χ4v) is 3.04. The van der Waals surface area contributed by atoms with Crippen LogP contribution in [-0.2, 0) is 17.8 Å². The second kappa shape index (κ2) is 7.20. The number of halogens is 2. The van der Waals surface area contributed by atoms with E-state index in [1.807, 2.05) is 10.6 Å². The van der Waals surface area contributed by atoms with Crippen molar-refractivity contribution in [3.8, 4) is 6.07 Å². The van der Waals surface area contributed by atoms with Crippen LogP contribution in [0.1, 0.15) is 36.8 Å². The van der Waals surface area contributed by atoms with Gasteiger partial charge < -0.3 is 9.88 Å². The molecule has 8 heteroatoms. The second-order valence-corrected chi connectivity index (χ2v) is 6.43. The molecule has 0 bridgehead atoms. The first-order valence-corrected chi connectivity index (χ1v) is 8.43. The maximum Gasteiger partial charge on any atom is 0.249 e. The summed E-state index contributed by atoms with van der Waals surface area (Å²) in [5.41, 5.74) is 0.477. The summed E-state index contributed by atoms with van der Waals surface area (Å²) in [5.74, 6) is -0.258. The highest BCUT2D eigenvalue weighted by Gasteiger charge is 2.28. The van der Waals surface area contributed by atoms with E-state index < -0.39 is 11.8 Å². The topological polar surface area (TPSA) is 83.6 Å². The van der Waals surface area contributed by atoms with Crippen molar-refractivity contribution < 1.29 is 4.79 Å². The summed E-state index contributed by atoms with van der Waals surface area (Å²) < 4.78 is 1.90. The first-order chi connectivity index (χ1) is 11.6. The highest BCUT2D eigenvalue weighted by atomic mass is 35.5. The van der Waals surface area contributed by atoms with Crippen LogP contribution in [0.25, 0.3) is 0 Å². The van der Waals surface area contributed by atoms with Crippen molar-refractivity contribution in [3.05, 3.63) is 39.9 Å². The number of hydrogen-bond acceptors (Lipinski definition) is 4. The molecule has 1 aromatic carbocycles. The zero-order chi connectivity index (χ0) is 17.1. The lowest BCUT2D eigenvalue weighted by atomic mass is 10.1. The van der Waals surface area contributed by atoms with Crippen LogP contribution < -0.4 is 5.32 Å². The van der Waals surface area contributed by atoms with Gasteiger partial charge in [0.15, 0.2) is 11.7 Å². The average Bonchev–Trinajstić information content (AvgIpc) is 2.80. The van der Waals surface area contributed by atoms with Crippen LogP contribution in [0.5, 0.6) is 0 Å². The number of benzene rings is 1. The van der Waals surface area contributed by atoms with Crippen LogP contribution in [0.4, 0.5) is 5.69 Å². The molecule has 1 aliphatic rings. The predicted molar refractivity (Wildman–Crippen MR) is 91.0 cm³/mol. The summed E-state index contributed by atoms with van der Waals surface area (Å²) in [5, 5.41) is 21.1. The molecule has 1 unspecified atom stereocenters. The van der Waals surface area contributed by atoms with Gasteiger partial charge in [-0.1, -0.05) is 29.6 Å². The van der Waals surface area contributed by atoms with E-state index in [0.717, 1.165) is 38.1 Å². The summed E-state index contributed by atoms with van der Waals surface area (Å²) in [4.78, 5) is 12.5. The minimum atomic E-state index is -1.03. The number of amides is 1. The van der Waals surface area contributed by atoms with Gasteiger partial charge in [-0.3, -0.25) is 4.79 Å². The second-order valence-electron chi connectivity index (χ2n) is 5.62. The van der Waals surface area contributed by atoms with E-state index in [2.05, 4.69) is 15.5 Å². The predicted octanol–water partition coefficient (Wildman–Crippen LogP) is 3.56. The number of hydrogen-bond donors (Lipinski definition) is 1. The van der Waals surface area contributed by atoms with Gasteiger partial charge in [0, 0.05) is 18.7 Å². The molecular weight excluding hydrogens is 349 g/mol. The van der Waals surface area contributed by atoms with Crippen LogP contribution in [0.15, 0.2) is 18.2 Å². The number of rotatable bonds is 3. The Morgan fingerprint density at radius 3 is 2.83 bits per heavy atom. The molecule has 2 aromatic rings. The highest BCUT2D eigenvalue weighted by molar-refractivity contribution is 6.42. The Kier molecular flexibility index (Phi) is 5.03. The van der Waals surface area contributed by atoms with Gasteiger partial charge in [0.25, 0.3) is 0 Å². The molecule has 1 atom stereocenters. The fraction of sp³-hybridized carbons (Fsp3) is 0.375. The first kappa shape index (κ1) is 16.7. The normalized spacial score (nSPS) is 15.0. The zero-order valence-corrected chi connectivity index (χ0v) is 14.3. The molecule has 0 spiro atoms. The van der Waals surface area contributed by atoms with E-state index in [-0.39, 0.29) is 0 Å². The van der Waals surface area contributed by atoms with Crippen molar-refractivity contribution in [2.75, 3.05) is 5.32 Å². The molecule has 1 aromatic heterocycles. The number of nitrogens with one attached hydrogen (secondary N) is 1. The van der Waals surface area contributed by atoms with Crippen LogP contribution in [0.2, 0.25) is 10.0 Å². The Bertz CT molecular complexity index is 811. The van der Waals surface area contributed by atoms with Gasteiger partial charge >= 0.3 is 0 Å². The Balaban J connectivity index is 1.84. The van der Waals surface area contributed by atoms with Gasteiger partial charge in [0.1, 0.15) is 5.82 Å². The maximum absolute atomic E-state index is 12.5. The molecule has 0 aliphatic carbocycles. The van der Waals surface area contributed by atoms with E-state index in [1.165, 1.54) is 0 Å². The third-order valence-corrected chi connectivity index (χ3v) is 4.71. The molecule has 1 aliphatic heterocycles. The Morgan fingerprint density at radius 1 is 1.25 bits per heavy atom. The number of carbonyl (C=O) groups is 1. The molecule has 2 heterocycles. The van der Waals surface area contributed by atoms with Gasteiger partial charge in [-0.25, -0.2) is 0 Å². The molecule has 0 radical (unpaired) electrons. The van der Waals surface area contributed by atoms with E-state index in [4.69, 9.17) is 23.2 Å². The van der Waals surface area contributed by atoms with Crippen LogP contribution >= 0.6 is 23.2 Å². The summed E-state index contributed by atoms with van der Waals surface area (Å²) in [7, 11) is 0. The van der Waals surface area contributed by atoms with Gasteiger partial charge in [-0.15, -0.1) is 10.2 Å². The standard InChI is InChI=1S/C16H15Cl2N5O/c17-12-6-5-10(8-13(12)18)20-16(24)11(9-19)15-22-21-14-4-2-1-3-7-23(14)15/h5-6,8,11H,1-4,7H2,(H,20,24). The third kappa shape index (κ3) is 3.37. The molecule has 0 saturated carbocycles. The molecular formula is C16H15Cl2N5O. The third-order valence-electron chi connectivity index (χ3n) is 3.97. The molecule has 3 rings (SSSR count). The molecule has 124 valence electrons. The van der Waals surface area contributed by atoms with E-state index >= 15 is 0 Å². The Labute approximate surface area is 149 Å². The number of carbonyl (C=O) groups excluding carboxylic acids is 1. The van der Waals surface area contributed by atoms with Gasteiger partial charge in [-0.2, -0.15) is 5.26 Å². The quantitative estimate of drug-likeness (QED) is 0.903. The lowest BCUT2D eigenvalue weighted by Gasteiger charge is -2.12. The monoisotopic (exact) mass is 363 g/mol. The van der Waals surface area contributed by atoms with Crippen molar-refractivity contribution in [1.29, 1.82) is 5.26 Å². The SMILES string of the molecule is N#CC(C(=O)Nc1ccc(Cl)c(Cl)c1)c1nnc2n1CCCCC2. The smallest absolute Gasteiger partial charge is 0.249 e. The number of anilines is 1. The summed E-state index contributed by atoms with van der Waals surface area (Å²) in [6, 6.07) is 6.79. The zero-order valence-electron chi connectivity index (χ0n) is 12.8. The van der Waals surface area contributed by atoms with Crippen LogP contribution in [-0.4, -0.2) is 20.7 Å². The van der Waals surface area contributed by atoms with E-state index in [0.29, 0.717) is 21.6 Å². The average molecular weight is 364 g/mol. The van der Waals surface area contributed by atoms with Crippen LogP contribution in [0.3, 0.4) is 0 Å². The van der Waals surface area contributed by atoms with Crippen molar-refractivity contribution in [2.45, 2.75) is 38.1 Å². The fourth-order valence-electron chi connectivity index (χ4n) is 2.74. The van der Waals surface area contributed by atoms with Crippen molar-refractivity contribution in [3.63, 3.8) is 0 Å². The van der Waals surface area contributed by atoms with Crippen molar-refractivity contribution in [2.24, 2.45) is 0 Å². The minimum Gasteiger partial charge on any atom is -0.324 e. The Morgan fingerprint density at radius 2 is 2.08 bits per heavy atom. The molecule has 1 N–H and O–H groups in total. The number of aryl methyl sites for hydroxylation is 1. The lowest BCUT2D eigenvalue weighted by Crippen LogP contribution is -2.23. The maximum atomic E-state index is 12.5. The van der Waals surface area contributed by atoms with Crippen molar-refractivity contribution >= 4 is 34.8 Å².